The Hall–Kier alpha value is -4.08. The van der Waals surface area contributed by atoms with Gasteiger partial charge in [0.2, 0.25) is 11.6 Å². The van der Waals surface area contributed by atoms with Gasteiger partial charge in [-0.2, -0.15) is 0 Å². The van der Waals surface area contributed by atoms with Crippen molar-refractivity contribution < 1.29 is 9.85 Å². The van der Waals surface area contributed by atoms with E-state index in [4.69, 9.17) is 0 Å². The molecule has 0 fully saturated rings. The number of nitro groups is 2. The predicted molar refractivity (Wildman–Crippen MR) is 104 cm³/mol. The van der Waals surface area contributed by atoms with Gasteiger partial charge in [-0.15, -0.1) is 0 Å². The fourth-order valence-corrected chi connectivity index (χ4v) is 2.57. The third-order valence-corrected chi connectivity index (χ3v) is 3.97. The van der Waals surface area contributed by atoms with Crippen LogP contribution in [0.1, 0.15) is 11.1 Å². The lowest BCUT2D eigenvalue weighted by Crippen LogP contribution is -2.06. The summed E-state index contributed by atoms with van der Waals surface area (Å²) in [6.07, 6.45) is 1.18. The fourth-order valence-electron chi connectivity index (χ4n) is 2.57. The average molecular weight is 380 g/mol. The van der Waals surface area contributed by atoms with Crippen LogP contribution in [0.3, 0.4) is 0 Å². The zero-order valence-corrected chi connectivity index (χ0v) is 15.0. The molecule has 142 valence electrons. The fraction of sp³-hybridized carbons (Fsp3) is 0.111. The molecule has 0 aliphatic carbocycles. The number of aryl methyl sites for hydroxylation is 2. The number of non-ortho nitro benzene ring substituents is 1. The van der Waals surface area contributed by atoms with Crippen LogP contribution in [0, 0.1) is 34.1 Å². The Balaban J connectivity index is 2.00. The largest absolute Gasteiger partial charge is 0.353 e. The number of benzene rings is 2. The second-order valence-electron chi connectivity index (χ2n) is 6.05. The summed E-state index contributed by atoms with van der Waals surface area (Å²) >= 11 is 0. The van der Waals surface area contributed by atoms with E-state index < -0.39 is 9.85 Å². The van der Waals surface area contributed by atoms with Crippen molar-refractivity contribution in [1.29, 1.82) is 0 Å². The van der Waals surface area contributed by atoms with Crippen LogP contribution in [-0.2, 0) is 0 Å². The van der Waals surface area contributed by atoms with Crippen LogP contribution in [0.25, 0.3) is 0 Å². The molecule has 0 atom stereocenters. The summed E-state index contributed by atoms with van der Waals surface area (Å²) in [5.74, 6) is -0.0602. The molecule has 0 aliphatic rings. The normalized spacial score (nSPS) is 10.4. The molecule has 10 nitrogen and oxygen atoms in total. The van der Waals surface area contributed by atoms with E-state index in [1.165, 1.54) is 24.5 Å². The molecular formula is C18H16N6O4. The average Bonchev–Trinajstić information content (AvgIpc) is 2.65. The molecule has 0 amide bonds. The van der Waals surface area contributed by atoms with Gasteiger partial charge in [0.15, 0.2) is 0 Å². The van der Waals surface area contributed by atoms with Crippen LogP contribution in [0.15, 0.2) is 48.8 Å². The zero-order chi connectivity index (χ0) is 20.3. The lowest BCUT2D eigenvalue weighted by molar-refractivity contribution is -0.384. The van der Waals surface area contributed by atoms with Crippen LogP contribution >= 0.6 is 0 Å². The van der Waals surface area contributed by atoms with E-state index in [-0.39, 0.29) is 23.0 Å². The SMILES string of the molecule is Cc1ccc(C)c(Nc2ncnc(Nc3cccc([N+](=O)[O-])c3)c2[N+](=O)[O-])c1. The summed E-state index contributed by atoms with van der Waals surface area (Å²) in [5, 5.41) is 28.4. The highest BCUT2D eigenvalue weighted by molar-refractivity contribution is 5.77. The summed E-state index contributed by atoms with van der Waals surface area (Å²) in [4.78, 5) is 29.4. The summed E-state index contributed by atoms with van der Waals surface area (Å²) in [6, 6.07) is 11.3. The van der Waals surface area contributed by atoms with Crippen molar-refractivity contribution in [1.82, 2.24) is 9.97 Å². The van der Waals surface area contributed by atoms with E-state index in [0.717, 1.165) is 11.1 Å². The van der Waals surface area contributed by atoms with E-state index in [1.807, 2.05) is 32.0 Å². The number of hydrogen-bond donors (Lipinski definition) is 2. The summed E-state index contributed by atoms with van der Waals surface area (Å²) in [5.41, 5.74) is 2.36. The van der Waals surface area contributed by atoms with E-state index in [2.05, 4.69) is 20.6 Å². The van der Waals surface area contributed by atoms with E-state index in [1.54, 1.807) is 6.07 Å². The molecule has 3 rings (SSSR count). The molecule has 0 radical (unpaired) electrons. The van der Waals surface area contributed by atoms with Gasteiger partial charge in [-0.25, -0.2) is 9.97 Å². The predicted octanol–water partition coefficient (Wildman–Crippen LogP) is 4.40. The van der Waals surface area contributed by atoms with Gasteiger partial charge >= 0.3 is 5.69 Å². The molecular weight excluding hydrogens is 364 g/mol. The molecule has 2 N–H and O–H groups in total. The lowest BCUT2D eigenvalue weighted by atomic mass is 10.1. The number of aromatic nitrogens is 2. The van der Waals surface area contributed by atoms with E-state index in [0.29, 0.717) is 11.4 Å². The first kappa shape index (κ1) is 18.7. The third-order valence-electron chi connectivity index (χ3n) is 3.97. The van der Waals surface area contributed by atoms with Crippen molar-refractivity contribution >= 4 is 34.4 Å². The Morgan fingerprint density at radius 1 is 0.893 bits per heavy atom. The Bertz CT molecular complexity index is 1070. The number of anilines is 4. The number of nitrogens with one attached hydrogen (secondary N) is 2. The summed E-state index contributed by atoms with van der Waals surface area (Å²) in [6.45, 7) is 3.78. The van der Waals surface area contributed by atoms with Gasteiger partial charge < -0.3 is 10.6 Å². The molecule has 1 heterocycles. The minimum atomic E-state index is -0.604. The molecule has 0 bridgehead atoms. The maximum absolute atomic E-state index is 11.7. The Labute approximate surface area is 159 Å². The van der Waals surface area contributed by atoms with Crippen molar-refractivity contribution in [3.8, 4) is 0 Å². The Morgan fingerprint density at radius 2 is 1.61 bits per heavy atom. The molecule has 28 heavy (non-hydrogen) atoms. The highest BCUT2D eigenvalue weighted by atomic mass is 16.6. The first-order valence-corrected chi connectivity index (χ1v) is 8.20. The Kier molecular flexibility index (Phi) is 5.12. The van der Waals surface area contributed by atoms with Crippen molar-refractivity contribution in [3.63, 3.8) is 0 Å². The minimum absolute atomic E-state index is 0.0154. The summed E-state index contributed by atoms with van der Waals surface area (Å²) in [7, 11) is 0. The number of hydrogen-bond acceptors (Lipinski definition) is 8. The lowest BCUT2D eigenvalue weighted by Gasteiger charge is -2.12. The third kappa shape index (κ3) is 4.01. The molecule has 3 aromatic rings. The highest BCUT2D eigenvalue weighted by Crippen LogP contribution is 2.34. The van der Waals surface area contributed by atoms with Crippen LogP contribution in [-0.4, -0.2) is 19.8 Å². The monoisotopic (exact) mass is 380 g/mol. The standard InChI is InChI=1S/C18H16N6O4/c1-11-6-7-12(2)15(8-11)22-18-16(24(27)28)17(19-10-20-18)21-13-4-3-5-14(9-13)23(25)26/h3-10H,1-2H3,(H2,19,20,21,22). The molecule has 0 spiro atoms. The van der Waals surface area contributed by atoms with Crippen molar-refractivity contribution in [2.75, 3.05) is 10.6 Å². The number of rotatable bonds is 6. The van der Waals surface area contributed by atoms with Gasteiger partial charge in [-0.1, -0.05) is 18.2 Å². The molecule has 0 unspecified atom stereocenters. The van der Waals surface area contributed by atoms with Gasteiger partial charge in [0, 0.05) is 23.5 Å². The molecule has 0 aliphatic heterocycles. The first-order valence-electron chi connectivity index (χ1n) is 8.20. The maximum atomic E-state index is 11.7. The van der Waals surface area contributed by atoms with Crippen LogP contribution in [0.4, 0.5) is 34.4 Å². The van der Waals surface area contributed by atoms with Gasteiger partial charge in [0.1, 0.15) is 6.33 Å². The number of nitro benzene ring substituents is 1. The van der Waals surface area contributed by atoms with Gasteiger partial charge in [0.05, 0.1) is 9.85 Å². The van der Waals surface area contributed by atoms with Crippen LogP contribution in [0.2, 0.25) is 0 Å². The maximum Gasteiger partial charge on any atom is 0.353 e. The highest BCUT2D eigenvalue weighted by Gasteiger charge is 2.24. The molecule has 2 aromatic carbocycles. The number of nitrogens with zero attached hydrogens (tertiary/aromatic N) is 4. The first-order chi connectivity index (χ1) is 13.3. The van der Waals surface area contributed by atoms with Crippen molar-refractivity contribution in [3.05, 3.63) is 80.1 Å². The quantitative estimate of drug-likeness (QED) is 0.474. The zero-order valence-electron chi connectivity index (χ0n) is 15.0. The molecule has 10 heteroatoms. The van der Waals surface area contributed by atoms with Gasteiger partial charge in [-0.3, -0.25) is 20.2 Å². The van der Waals surface area contributed by atoms with E-state index >= 15 is 0 Å². The molecule has 0 saturated carbocycles. The van der Waals surface area contributed by atoms with Gasteiger partial charge in [0.25, 0.3) is 5.69 Å². The summed E-state index contributed by atoms with van der Waals surface area (Å²) < 4.78 is 0. The van der Waals surface area contributed by atoms with Crippen LogP contribution in [0.5, 0.6) is 0 Å². The second kappa shape index (κ2) is 7.66. The van der Waals surface area contributed by atoms with Gasteiger partial charge in [-0.05, 0) is 37.1 Å². The topological polar surface area (TPSA) is 136 Å². The Morgan fingerprint density at radius 3 is 2.29 bits per heavy atom. The molecule has 1 aromatic heterocycles. The minimum Gasteiger partial charge on any atom is -0.334 e. The molecule has 0 saturated heterocycles. The van der Waals surface area contributed by atoms with Crippen LogP contribution < -0.4 is 10.6 Å². The second-order valence-corrected chi connectivity index (χ2v) is 6.05. The van der Waals surface area contributed by atoms with Crippen molar-refractivity contribution in [2.24, 2.45) is 0 Å². The van der Waals surface area contributed by atoms with Crippen molar-refractivity contribution in [2.45, 2.75) is 13.8 Å². The van der Waals surface area contributed by atoms with E-state index in [9.17, 15) is 20.2 Å². The smallest absolute Gasteiger partial charge is 0.334 e.